The van der Waals surface area contributed by atoms with Crippen LogP contribution in [0, 0.1) is 0 Å². The molecule has 18 heavy (non-hydrogen) atoms. The molecule has 0 saturated carbocycles. The Kier molecular flexibility index (Phi) is 2.73. The monoisotopic (exact) mass is 256 g/mol. The maximum atomic E-state index is 12.9. The van der Waals surface area contributed by atoms with Gasteiger partial charge < -0.3 is 5.32 Å². The van der Waals surface area contributed by atoms with Gasteiger partial charge in [0.1, 0.15) is 0 Å². The van der Waals surface area contributed by atoms with Crippen LogP contribution >= 0.6 is 0 Å². The van der Waals surface area contributed by atoms with Crippen molar-refractivity contribution >= 4 is 5.69 Å². The summed E-state index contributed by atoms with van der Waals surface area (Å²) in [7, 11) is 0. The van der Waals surface area contributed by atoms with Gasteiger partial charge in [0, 0.05) is 12.6 Å². The number of nitrogens with zero attached hydrogens (tertiary/aromatic N) is 1. The summed E-state index contributed by atoms with van der Waals surface area (Å²) in [6.45, 7) is 2.61. The Hall–Kier alpha value is -1.23. The Bertz CT molecular complexity index is 452. The minimum absolute atomic E-state index is 0.150. The van der Waals surface area contributed by atoms with Crippen molar-refractivity contribution < 1.29 is 13.2 Å². The topological polar surface area (TPSA) is 15.3 Å². The fraction of sp³-hybridized carbons (Fsp3) is 0.538. The lowest BCUT2D eigenvalue weighted by Crippen LogP contribution is -2.42. The van der Waals surface area contributed by atoms with E-state index in [2.05, 4.69) is 10.2 Å². The lowest BCUT2D eigenvalue weighted by atomic mass is 9.91. The number of para-hydroxylation sites is 1. The molecule has 1 N–H and O–H groups in total. The van der Waals surface area contributed by atoms with E-state index in [1.807, 2.05) is 6.07 Å². The van der Waals surface area contributed by atoms with Crippen molar-refractivity contribution in [2.24, 2.45) is 0 Å². The SMILES string of the molecule is FC(F)(F)c1cccc2c1NCCC2N1CCC1. The molecule has 0 aliphatic carbocycles. The number of benzene rings is 1. The average Bonchev–Trinajstić information content (AvgIpc) is 2.25. The van der Waals surface area contributed by atoms with Gasteiger partial charge in [0.2, 0.25) is 0 Å². The van der Waals surface area contributed by atoms with Gasteiger partial charge >= 0.3 is 6.18 Å². The van der Waals surface area contributed by atoms with Gasteiger partial charge in [-0.05, 0) is 37.6 Å². The molecule has 0 radical (unpaired) electrons. The summed E-state index contributed by atoms with van der Waals surface area (Å²) in [6, 6.07) is 4.64. The fourth-order valence-electron chi connectivity index (χ4n) is 2.80. The third-order valence-corrected chi connectivity index (χ3v) is 3.81. The van der Waals surface area contributed by atoms with Gasteiger partial charge in [0.15, 0.2) is 0 Å². The van der Waals surface area contributed by atoms with Gasteiger partial charge in [-0.3, -0.25) is 4.90 Å². The summed E-state index contributed by atoms with van der Waals surface area (Å²) in [4.78, 5) is 2.26. The Morgan fingerprint density at radius 2 is 2.00 bits per heavy atom. The maximum absolute atomic E-state index is 12.9. The highest BCUT2D eigenvalue weighted by molar-refractivity contribution is 5.61. The van der Waals surface area contributed by atoms with Crippen LogP contribution in [0.5, 0.6) is 0 Å². The van der Waals surface area contributed by atoms with Gasteiger partial charge in [-0.25, -0.2) is 0 Å². The lowest BCUT2D eigenvalue weighted by molar-refractivity contribution is -0.137. The molecule has 2 aliphatic heterocycles. The number of halogens is 3. The molecule has 0 bridgehead atoms. The van der Waals surface area contributed by atoms with Crippen LogP contribution in [-0.4, -0.2) is 24.5 Å². The molecule has 1 aromatic rings. The number of nitrogens with one attached hydrogen (secondary N) is 1. The smallest absolute Gasteiger partial charge is 0.384 e. The van der Waals surface area contributed by atoms with E-state index in [1.54, 1.807) is 0 Å². The first kappa shape index (κ1) is 11.8. The molecule has 1 aromatic carbocycles. The summed E-state index contributed by atoms with van der Waals surface area (Å²) >= 11 is 0. The largest absolute Gasteiger partial charge is 0.418 e. The normalized spacial score (nSPS) is 24.1. The highest BCUT2D eigenvalue weighted by Gasteiger charge is 2.38. The molecule has 98 valence electrons. The van der Waals surface area contributed by atoms with Crippen LogP contribution in [-0.2, 0) is 6.18 Å². The van der Waals surface area contributed by atoms with Crippen molar-refractivity contribution in [1.29, 1.82) is 0 Å². The molecule has 2 nitrogen and oxygen atoms in total. The van der Waals surface area contributed by atoms with E-state index in [0.29, 0.717) is 6.54 Å². The minimum atomic E-state index is -4.28. The second kappa shape index (κ2) is 4.16. The van der Waals surface area contributed by atoms with E-state index in [1.165, 1.54) is 6.07 Å². The second-order valence-corrected chi connectivity index (χ2v) is 4.89. The minimum Gasteiger partial charge on any atom is -0.384 e. The first-order valence-electron chi connectivity index (χ1n) is 6.25. The zero-order chi connectivity index (χ0) is 12.8. The van der Waals surface area contributed by atoms with Crippen LogP contribution in [0.25, 0.3) is 0 Å². The van der Waals surface area contributed by atoms with E-state index < -0.39 is 11.7 Å². The Morgan fingerprint density at radius 1 is 1.22 bits per heavy atom. The molecule has 1 fully saturated rings. The number of rotatable bonds is 1. The first-order valence-corrected chi connectivity index (χ1v) is 6.25. The summed E-state index contributed by atoms with van der Waals surface area (Å²) in [5, 5.41) is 2.92. The summed E-state index contributed by atoms with van der Waals surface area (Å²) < 4.78 is 38.8. The van der Waals surface area contributed by atoms with Crippen molar-refractivity contribution in [3.05, 3.63) is 29.3 Å². The summed E-state index contributed by atoms with van der Waals surface area (Å²) in [6.07, 6.45) is -2.25. The Balaban J connectivity index is 2.02. The van der Waals surface area contributed by atoms with Gasteiger partial charge in [-0.2, -0.15) is 13.2 Å². The van der Waals surface area contributed by atoms with Crippen LogP contribution in [0.4, 0.5) is 18.9 Å². The Labute approximate surface area is 104 Å². The summed E-state index contributed by atoms with van der Waals surface area (Å²) in [5.74, 6) is 0. The number of hydrogen-bond donors (Lipinski definition) is 1. The van der Waals surface area contributed by atoms with E-state index in [0.717, 1.165) is 37.6 Å². The van der Waals surface area contributed by atoms with E-state index in [4.69, 9.17) is 0 Å². The number of anilines is 1. The quantitative estimate of drug-likeness (QED) is 0.829. The number of fused-ring (bicyclic) bond motifs is 1. The van der Waals surface area contributed by atoms with Crippen LogP contribution in [0.2, 0.25) is 0 Å². The predicted molar refractivity (Wildman–Crippen MR) is 63.5 cm³/mol. The van der Waals surface area contributed by atoms with E-state index >= 15 is 0 Å². The molecule has 5 heteroatoms. The molecule has 0 aromatic heterocycles. The molecular formula is C13H15F3N2. The lowest BCUT2D eigenvalue weighted by Gasteiger charge is -2.42. The standard InChI is InChI=1S/C13H15F3N2/c14-13(15,16)10-4-1-3-9-11(18-7-2-8-18)5-6-17-12(9)10/h1,3-4,11,17H,2,5-8H2. The van der Waals surface area contributed by atoms with Crippen molar-refractivity contribution in [2.45, 2.75) is 25.1 Å². The third kappa shape index (κ3) is 1.86. The molecule has 1 atom stereocenters. The van der Waals surface area contributed by atoms with Gasteiger partial charge in [-0.1, -0.05) is 12.1 Å². The van der Waals surface area contributed by atoms with Crippen LogP contribution in [0.3, 0.4) is 0 Å². The zero-order valence-electron chi connectivity index (χ0n) is 9.93. The first-order chi connectivity index (χ1) is 8.57. The fourth-order valence-corrected chi connectivity index (χ4v) is 2.80. The van der Waals surface area contributed by atoms with Crippen LogP contribution < -0.4 is 5.32 Å². The number of likely N-dealkylation sites (tertiary alicyclic amines) is 1. The zero-order valence-corrected chi connectivity index (χ0v) is 9.93. The van der Waals surface area contributed by atoms with Crippen molar-refractivity contribution in [1.82, 2.24) is 4.90 Å². The molecule has 1 saturated heterocycles. The second-order valence-electron chi connectivity index (χ2n) is 4.89. The number of hydrogen-bond acceptors (Lipinski definition) is 2. The highest BCUT2D eigenvalue weighted by atomic mass is 19.4. The van der Waals surface area contributed by atoms with Gasteiger partial charge in [-0.15, -0.1) is 0 Å². The van der Waals surface area contributed by atoms with Crippen LogP contribution in [0.1, 0.15) is 30.0 Å². The summed E-state index contributed by atoms with van der Waals surface area (Å²) in [5.41, 5.74) is 0.550. The maximum Gasteiger partial charge on any atom is 0.418 e. The molecule has 3 rings (SSSR count). The van der Waals surface area contributed by atoms with Crippen molar-refractivity contribution in [2.75, 3.05) is 25.0 Å². The number of alkyl halides is 3. The van der Waals surface area contributed by atoms with Crippen LogP contribution in [0.15, 0.2) is 18.2 Å². The molecule has 2 heterocycles. The molecule has 0 spiro atoms. The average molecular weight is 256 g/mol. The molecule has 0 amide bonds. The van der Waals surface area contributed by atoms with Crippen molar-refractivity contribution in [3.8, 4) is 0 Å². The van der Waals surface area contributed by atoms with Crippen molar-refractivity contribution in [3.63, 3.8) is 0 Å². The third-order valence-electron chi connectivity index (χ3n) is 3.81. The van der Waals surface area contributed by atoms with Gasteiger partial charge in [0.05, 0.1) is 11.3 Å². The highest BCUT2D eigenvalue weighted by Crippen LogP contribution is 2.43. The predicted octanol–water partition coefficient (Wildman–Crippen LogP) is 3.27. The van der Waals surface area contributed by atoms with E-state index in [-0.39, 0.29) is 11.7 Å². The molecular weight excluding hydrogens is 241 g/mol. The molecule has 2 aliphatic rings. The Morgan fingerprint density at radius 3 is 2.61 bits per heavy atom. The van der Waals surface area contributed by atoms with E-state index in [9.17, 15) is 13.2 Å². The van der Waals surface area contributed by atoms with Gasteiger partial charge in [0.25, 0.3) is 0 Å². The molecule has 1 unspecified atom stereocenters.